The Labute approximate surface area is 97.3 Å². The summed E-state index contributed by atoms with van der Waals surface area (Å²) in [5.74, 6) is 0. The van der Waals surface area contributed by atoms with Crippen LogP contribution in [0.3, 0.4) is 0 Å². The van der Waals surface area contributed by atoms with Gasteiger partial charge in [-0.15, -0.1) is 5.10 Å². The zero-order chi connectivity index (χ0) is 10.5. The van der Waals surface area contributed by atoms with Crippen LogP contribution in [0, 0.1) is 0 Å². The molecule has 0 saturated heterocycles. The molecule has 0 aliphatic heterocycles. The predicted molar refractivity (Wildman–Crippen MR) is 61.9 cm³/mol. The van der Waals surface area contributed by atoms with Gasteiger partial charge in [0.2, 0.25) is 0 Å². The molecule has 5 heteroatoms. The average molecular weight is 240 g/mol. The maximum atomic E-state index is 5.79. The van der Waals surface area contributed by atoms with Crippen LogP contribution < -0.4 is 5.32 Å². The Morgan fingerprint density at radius 1 is 1.20 bits per heavy atom. The first-order valence-corrected chi connectivity index (χ1v) is 5.77. The van der Waals surface area contributed by atoms with Crippen molar-refractivity contribution in [2.24, 2.45) is 0 Å². The van der Waals surface area contributed by atoms with Crippen LogP contribution >= 0.6 is 23.1 Å². The molecule has 0 aliphatic carbocycles. The average Bonchev–Trinajstić information content (AvgIpc) is 2.74. The summed E-state index contributed by atoms with van der Waals surface area (Å²) in [5.41, 5.74) is 2.19. The van der Waals surface area contributed by atoms with Crippen LogP contribution in [0.15, 0.2) is 29.6 Å². The molecule has 1 aromatic heterocycles. The quantitative estimate of drug-likeness (QED) is 0.891. The largest absolute Gasteiger partial charge is 0.307 e. The minimum atomic E-state index is 0.749. The Kier molecular flexibility index (Phi) is 3.66. The van der Waals surface area contributed by atoms with E-state index in [1.807, 2.05) is 29.6 Å². The number of hydrogen-bond donors (Lipinski definition) is 1. The van der Waals surface area contributed by atoms with Crippen molar-refractivity contribution >= 4 is 23.1 Å². The molecule has 3 nitrogen and oxygen atoms in total. The van der Waals surface area contributed by atoms with E-state index in [-0.39, 0.29) is 0 Å². The van der Waals surface area contributed by atoms with Gasteiger partial charge in [0.05, 0.1) is 5.69 Å². The van der Waals surface area contributed by atoms with Gasteiger partial charge in [-0.3, -0.25) is 0 Å². The normalized spacial score (nSPS) is 10.5. The summed E-state index contributed by atoms with van der Waals surface area (Å²) >= 11 is 7.16. The van der Waals surface area contributed by atoms with Gasteiger partial charge in [-0.1, -0.05) is 28.2 Å². The minimum Gasteiger partial charge on any atom is -0.307 e. The van der Waals surface area contributed by atoms with Crippen molar-refractivity contribution in [3.63, 3.8) is 0 Å². The second-order valence-electron chi connectivity index (χ2n) is 3.13. The standard InChI is InChI=1S/C10H10ClN3S/c11-9-3-1-8(2-4-9)5-12-6-10-7-15-14-13-10/h1-4,7,12H,5-6H2. The molecule has 0 radical (unpaired) electrons. The number of nitrogens with one attached hydrogen (secondary N) is 1. The number of aromatic nitrogens is 2. The van der Waals surface area contributed by atoms with Crippen molar-refractivity contribution in [1.82, 2.24) is 14.9 Å². The van der Waals surface area contributed by atoms with E-state index in [1.165, 1.54) is 17.1 Å². The monoisotopic (exact) mass is 239 g/mol. The SMILES string of the molecule is Clc1ccc(CNCc2csnn2)cc1. The first-order chi connectivity index (χ1) is 7.34. The third-order valence-electron chi connectivity index (χ3n) is 1.95. The van der Waals surface area contributed by atoms with Crippen LogP contribution in [0.5, 0.6) is 0 Å². The van der Waals surface area contributed by atoms with Gasteiger partial charge >= 0.3 is 0 Å². The van der Waals surface area contributed by atoms with Gasteiger partial charge in [0.25, 0.3) is 0 Å². The van der Waals surface area contributed by atoms with Gasteiger partial charge < -0.3 is 5.32 Å². The second-order valence-corrected chi connectivity index (χ2v) is 4.17. The Morgan fingerprint density at radius 2 is 2.00 bits per heavy atom. The van der Waals surface area contributed by atoms with Crippen molar-refractivity contribution < 1.29 is 0 Å². The van der Waals surface area contributed by atoms with E-state index in [4.69, 9.17) is 11.6 Å². The van der Waals surface area contributed by atoms with E-state index in [2.05, 4.69) is 14.9 Å². The molecule has 0 saturated carbocycles. The van der Waals surface area contributed by atoms with Gasteiger partial charge in [0.1, 0.15) is 0 Å². The zero-order valence-electron chi connectivity index (χ0n) is 7.98. The Morgan fingerprint density at radius 3 is 2.67 bits per heavy atom. The molecule has 1 heterocycles. The van der Waals surface area contributed by atoms with Crippen molar-refractivity contribution in [2.45, 2.75) is 13.1 Å². The Bertz CT molecular complexity index is 399. The summed E-state index contributed by atoms with van der Waals surface area (Å²) in [7, 11) is 0. The van der Waals surface area contributed by atoms with Crippen LogP contribution in [0.4, 0.5) is 0 Å². The number of benzene rings is 1. The molecule has 2 aromatic rings. The molecule has 78 valence electrons. The third-order valence-corrected chi connectivity index (χ3v) is 2.76. The zero-order valence-corrected chi connectivity index (χ0v) is 9.55. The van der Waals surface area contributed by atoms with Crippen molar-refractivity contribution in [3.8, 4) is 0 Å². The summed E-state index contributed by atoms with van der Waals surface area (Å²) in [4.78, 5) is 0. The first kappa shape index (κ1) is 10.5. The van der Waals surface area contributed by atoms with Crippen molar-refractivity contribution in [3.05, 3.63) is 45.9 Å². The minimum absolute atomic E-state index is 0.749. The smallest absolute Gasteiger partial charge is 0.0893 e. The Hall–Kier alpha value is -0.970. The molecule has 2 rings (SSSR count). The summed E-state index contributed by atoms with van der Waals surface area (Å²) < 4.78 is 3.79. The lowest BCUT2D eigenvalue weighted by molar-refractivity contribution is 0.677. The van der Waals surface area contributed by atoms with Crippen LogP contribution in [-0.4, -0.2) is 9.59 Å². The first-order valence-electron chi connectivity index (χ1n) is 4.56. The Balaban J connectivity index is 1.81. The lowest BCUT2D eigenvalue weighted by atomic mass is 10.2. The van der Waals surface area contributed by atoms with E-state index in [0.29, 0.717) is 0 Å². The third kappa shape index (κ3) is 3.27. The molecule has 0 aliphatic rings. The van der Waals surface area contributed by atoms with Crippen LogP contribution in [0.2, 0.25) is 5.02 Å². The van der Waals surface area contributed by atoms with E-state index in [1.54, 1.807) is 0 Å². The summed E-state index contributed by atoms with van der Waals surface area (Å²) in [5, 5.41) is 9.94. The number of hydrogen-bond acceptors (Lipinski definition) is 4. The molecule has 15 heavy (non-hydrogen) atoms. The van der Waals surface area contributed by atoms with Gasteiger partial charge in [-0.25, -0.2) is 0 Å². The van der Waals surface area contributed by atoms with Crippen LogP contribution in [-0.2, 0) is 13.1 Å². The second kappa shape index (κ2) is 5.21. The highest BCUT2D eigenvalue weighted by molar-refractivity contribution is 7.03. The van der Waals surface area contributed by atoms with Crippen LogP contribution in [0.1, 0.15) is 11.3 Å². The van der Waals surface area contributed by atoms with Gasteiger partial charge in [0.15, 0.2) is 0 Å². The molecule has 0 unspecified atom stereocenters. The molecule has 0 atom stereocenters. The van der Waals surface area contributed by atoms with Gasteiger partial charge in [-0.05, 0) is 29.2 Å². The molecule has 0 bridgehead atoms. The number of nitrogens with zero attached hydrogens (tertiary/aromatic N) is 2. The van der Waals surface area contributed by atoms with Crippen LogP contribution in [0.25, 0.3) is 0 Å². The fraction of sp³-hybridized carbons (Fsp3) is 0.200. The molecule has 0 spiro atoms. The molecule has 1 aromatic carbocycles. The van der Waals surface area contributed by atoms with Gasteiger partial charge in [0, 0.05) is 23.5 Å². The molecular formula is C10H10ClN3S. The van der Waals surface area contributed by atoms with Crippen molar-refractivity contribution in [2.75, 3.05) is 0 Å². The summed E-state index contributed by atoms with van der Waals surface area (Å²) in [6, 6.07) is 7.80. The predicted octanol–water partition coefficient (Wildman–Crippen LogP) is 2.48. The lowest BCUT2D eigenvalue weighted by Gasteiger charge is -2.02. The number of halogens is 1. The lowest BCUT2D eigenvalue weighted by Crippen LogP contribution is -2.12. The maximum absolute atomic E-state index is 5.79. The van der Waals surface area contributed by atoms with E-state index in [9.17, 15) is 0 Å². The van der Waals surface area contributed by atoms with E-state index < -0.39 is 0 Å². The van der Waals surface area contributed by atoms with E-state index in [0.717, 1.165) is 23.8 Å². The fourth-order valence-corrected chi connectivity index (χ4v) is 1.78. The highest BCUT2D eigenvalue weighted by Crippen LogP contribution is 2.09. The van der Waals surface area contributed by atoms with Gasteiger partial charge in [-0.2, -0.15) is 0 Å². The molecular weight excluding hydrogens is 230 g/mol. The maximum Gasteiger partial charge on any atom is 0.0893 e. The highest BCUT2D eigenvalue weighted by atomic mass is 35.5. The summed E-state index contributed by atoms with van der Waals surface area (Å²) in [6.07, 6.45) is 0. The highest BCUT2D eigenvalue weighted by Gasteiger charge is 1.96. The topological polar surface area (TPSA) is 37.8 Å². The fourth-order valence-electron chi connectivity index (χ4n) is 1.20. The summed E-state index contributed by atoms with van der Waals surface area (Å²) in [6.45, 7) is 1.56. The van der Waals surface area contributed by atoms with Crippen molar-refractivity contribution in [1.29, 1.82) is 0 Å². The molecule has 1 N–H and O–H groups in total. The number of rotatable bonds is 4. The molecule has 0 amide bonds. The molecule has 0 fully saturated rings. The van der Waals surface area contributed by atoms with E-state index >= 15 is 0 Å².